The fraction of sp³-hybridized carbons (Fsp3) is 0.611. The van der Waals surface area contributed by atoms with Crippen molar-refractivity contribution in [2.45, 2.75) is 57.2 Å². The van der Waals surface area contributed by atoms with Gasteiger partial charge < -0.3 is 4.74 Å². The van der Waals surface area contributed by atoms with E-state index in [0.717, 1.165) is 34.0 Å². The molecular weight excluding hydrogens is 340 g/mol. The minimum absolute atomic E-state index is 0.168. The molecule has 24 heavy (non-hydrogen) atoms. The number of aromatic nitrogens is 2. The van der Waals surface area contributed by atoms with Crippen molar-refractivity contribution in [3.05, 3.63) is 16.8 Å². The summed E-state index contributed by atoms with van der Waals surface area (Å²) in [5, 5.41) is 1.82. The molecule has 0 aliphatic heterocycles. The molecule has 0 fully saturated rings. The quantitative estimate of drug-likeness (QED) is 0.444. The van der Waals surface area contributed by atoms with E-state index < -0.39 is 0 Å². The molecule has 0 bridgehead atoms. The summed E-state index contributed by atoms with van der Waals surface area (Å²) in [7, 11) is 0. The van der Waals surface area contributed by atoms with E-state index in [4.69, 9.17) is 4.74 Å². The smallest absolute Gasteiger partial charge is 0.319 e. The molecule has 0 amide bonds. The van der Waals surface area contributed by atoms with Gasteiger partial charge in [-0.2, -0.15) is 0 Å². The highest BCUT2D eigenvalue weighted by Gasteiger charge is 2.25. The molecular formula is C18H24N2O2S2. The zero-order chi connectivity index (χ0) is 17.3. The Morgan fingerprint density at radius 1 is 1.42 bits per heavy atom. The van der Waals surface area contributed by atoms with Crippen LogP contribution in [0, 0.1) is 11.8 Å². The molecule has 130 valence electrons. The highest BCUT2D eigenvalue weighted by molar-refractivity contribution is 8.00. The van der Waals surface area contributed by atoms with Crippen LogP contribution >= 0.6 is 23.1 Å². The molecule has 1 aliphatic rings. The standard InChI is InChI=1S/C18H24N2O2S2/c1-10(2)8-22-18(21)12(4)23-16-15-13-6-5-11(3)7-14(13)24-17(15)20-9-19-16/h9-12H,5-8H2,1-4H3/t11-,12-/m1/s1. The zero-order valence-electron chi connectivity index (χ0n) is 14.7. The topological polar surface area (TPSA) is 52.1 Å². The number of nitrogens with zero attached hydrogens (tertiary/aromatic N) is 2. The summed E-state index contributed by atoms with van der Waals surface area (Å²) in [6.45, 7) is 8.74. The zero-order valence-corrected chi connectivity index (χ0v) is 16.3. The Morgan fingerprint density at radius 2 is 2.21 bits per heavy atom. The molecule has 2 aromatic rings. The molecule has 6 heteroatoms. The van der Waals surface area contributed by atoms with Gasteiger partial charge in [0.05, 0.1) is 6.61 Å². The first kappa shape index (κ1) is 17.7. The van der Waals surface area contributed by atoms with Crippen LogP contribution in [-0.4, -0.2) is 27.8 Å². The first-order valence-electron chi connectivity index (χ1n) is 8.54. The molecule has 3 rings (SSSR count). The van der Waals surface area contributed by atoms with Crippen LogP contribution < -0.4 is 0 Å². The number of carbonyl (C=O) groups excluding carboxylic acids is 1. The highest BCUT2D eigenvalue weighted by atomic mass is 32.2. The van der Waals surface area contributed by atoms with Crippen LogP contribution in [0.4, 0.5) is 0 Å². The Hall–Kier alpha value is -1.14. The van der Waals surface area contributed by atoms with Crippen molar-refractivity contribution >= 4 is 39.3 Å². The summed E-state index contributed by atoms with van der Waals surface area (Å²) in [5.74, 6) is 0.917. The van der Waals surface area contributed by atoms with Crippen LogP contribution in [-0.2, 0) is 22.4 Å². The Morgan fingerprint density at radius 3 is 2.96 bits per heavy atom. The van der Waals surface area contributed by atoms with E-state index in [0.29, 0.717) is 12.5 Å². The summed E-state index contributed by atoms with van der Waals surface area (Å²) in [6.07, 6.45) is 5.04. The second-order valence-corrected chi connectivity index (χ2v) is 9.41. The van der Waals surface area contributed by atoms with E-state index in [1.165, 1.54) is 28.6 Å². The van der Waals surface area contributed by atoms with Crippen LogP contribution in [0.25, 0.3) is 10.2 Å². The number of hydrogen-bond acceptors (Lipinski definition) is 6. The third-order valence-electron chi connectivity index (χ3n) is 4.24. The predicted octanol–water partition coefficient (Wildman–Crippen LogP) is 4.50. The monoisotopic (exact) mass is 364 g/mol. The number of thioether (sulfide) groups is 1. The number of rotatable bonds is 5. The van der Waals surface area contributed by atoms with Crippen LogP contribution in [0.15, 0.2) is 11.4 Å². The lowest BCUT2D eigenvalue weighted by Gasteiger charge is -2.18. The van der Waals surface area contributed by atoms with Crippen LogP contribution in [0.5, 0.6) is 0 Å². The fourth-order valence-electron chi connectivity index (χ4n) is 2.92. The van der Waals surface area contributed by atoms with Crippen molar-refractivity contribution < 1.29 is 9.53 Å². The van der Waals surface area contributed by atoms with Gasteiger partial charge in [-0.3, -0.25) is 4.79 Å². The van der Waals surface area contributed by atoms with Gasteiger partial charge in [-0.25, -0.2) is 9.97 Å². The third-order valence-corrected chi connectivity index (χ3v) is 6.48. The molecule has 1 aliphatic carbocycles. The molecule has 0 unspecified atom stereocenters. The van der Waals surface area contributed by atoms with E-state index in [2.05, 4.69) is 16.9 Å². The maximum Gasteiger partial charge on any atom is 0.319 e. The highest BCUT2D eigenvalue weighted by Crippen LogP contribution is 2.41. The number of carbonyl (C=O) groups is 1. The maximum atomic E-state index is 12.2. The second kappa shape index (κ2) is 7.40. The molecule has 2 aromatic heterocycles. The maximum absolute atomic E-state index is 12.2. The number of fused-ring (bicyclic) bond motifs is 3. The van der Waals surface area contributed by atoms with E-state index in [1.54, 1.807) is 17.7 Å². The van der Waals surface area contributed by atoms with Gasteiger partial charge in [0.1, 0.15) is 21.4 Å². The van der Waals surface area contributed by atoms with Crippen LogP contribution in [0.3, 0.4) is 0 Å². The number of esters is 1. The van der Waals surface area contributed by atoms with Gasteiger partial charge in [0.2, 0.25) is 0 Å². The van der Waals surface area contributed by atoms with Crippen molar-refractivity contribution in [2.24, 2.45) is 11.8 Å². The Kier molecular flexibility index (Phi) is 5.45. The molecule has 0 radical (unpaired) electrons. The lowest BCUT2D eigenvalue weighted by Crippen LogP contribution is -2.19. The fourth-order valence-corrected chi connectivity index (χ4v) is 5.28. The number of hydrogen-bond donors (Lipinski definition) is 0. The molecule has 4 nitrogen and oxygen atoms in total. The van der Waals surface area contributed by atoms with Crippen molar-refractivity contribution in [1.82, 2.24) is 9.97 Å². The minimum Gasteiger partial charge on any atom is -0.465 e. The Labute approximate surface area is 151 Å². The molecule has 2 atom stereocenters. The molecule has 0 saturated heterocycles. The van der Waals surface area contributed by atoms with Gasteiger partial charge >= 0.3 is 5.97 Å². The Balaban J connectivity index is 1.83. The van der Waals surface area contributed by atoms with Gasteiger partial charge in [0.15, 0.2) is 0 Å². The minimum atomic E-state index is -0.264. The van der Waals surface area contributed by atoms with E-state index in [-0.39, 0.29) is 11.2 Å². The first-order chi connectivity index (χ1) is 11.5. The van der Waals surface area contributed by atoms with Crippen molar-refractivity contribution in [3.8, 4) is 0 Å². The summed E-state index contributed by atoms with van der Waals surface area (Å²) < 4.78 is 5.36. The van der Waals surface area contributed by atoms with Gasteiger partial charge in [-0.05, 0) is 43.6 Å². The second-order valence-electron chi connectivity index (χ2n) is 6.99. The SMILES string of the molecule is CC(C)COC(=O)[C@@H](C)Sc1ncnc2sc3c(c12)CC[C@@H](C)C3. The van der Waals surface area contributed by atoms with Gasteiger partial charge in [0.25, 0.3) is 0 Å². The van der Waals surface area contributed by atoms with Gasteiger partial charge in [-0.15, -0.1) is 11.3 Å². The van der Waals surface area contributed by atoms with Gasteiger partial charge in [-0.1, -0.05) is 32.5 Å². The number of thiophene rings is 1. The van der Waals surface area contributed by atoms with Crippen LogP contribution in [0.2, 0.25) is 0 Å². The summed E-state index contributed by atoms with van der Waals surface area (Å²) >= 11 is 3.28. The predicted molar refractivity (Wildman–Crippen MR) is 99.7 cm³/mol. The normalized spacial score (nSPS) is 18.6. The van der Waals surface area contributed by atoms with E-state index >= 15 is 0 Å². The molecule has 2 heterocycles. The number of aryl methyl sites for hydroxylation is 1. The van der Waals surface area contributed by atoms with Gasteiger partial charge in [0, 0.05) is 10.3 Å². The van der Waals surface area contributed by atoms with Crippen molar-refractivity contribution in [3.63, 3.8) is 0 Å². The van der Waals surface area contributed by atoms with Crippen molar-refractivity contribution in [1.29, 1.82) is 0 Å². The average molecular weight is 365 g/mol. The molecule has 0 N–H and O–H groups in total. The summed E-state index contributed by atoms with van der Waals surface area (Å²) in [6, 6.07) is 0. The molecule has 0 spiro atoms. The van der Waals surface area contributed by atoms with E-state index in [1.807, 2.05) is 20.8 Å². The lowest BCUT2D eigenvalue weighted by molar-refractivity contribution is -0.143. The number of ether oxygens (including phenoxy) is 1. The van der Waals surface area contributed by atoms with E-state index in [9.17, 15) is 4.79 Å². The largest absolute Gasteiger partial charge is 0.465 e. The van der Waals surface area contributed by atoms with Crippen LogP contribution in [0.1, 0.15) is 44.6 Å². The summed E-state index contributed by atoms with van der Waals surface area (Å²) in [5.41, 5.74) is 1.40. The molecule has 0 aromatic carbocycles. The summed E-state index contributed by atoms with van der Waals surface area (Å²) in [4.78, 5) is 23.6. The first-order valence-corrected chi connectivity index (χ1v) is 10.2. The lowest BCUT2D eigenvalue weighted by atomic mass is 9.89. The Bertz CT molecular complexity index is 742. The molecule has 0 saturated carbocycles. The van der Waals surface area contributed by atoms with Crippen molar-refractivity contribution in [2.75, 3.05) is 6.61 Å². The average Bonchev–Trinajstić information content (AvgIpc) is 2.90. The third kappa shape index (κ3) is 3.75.